The normalized spacial score (nSPS) is 12.2. The van der Waals surface area contributed by atoms with Crippen molar-refractivity contribution in [2.24, 2.45) is 5.92 Å². The first-order chi connectivity index (χ1) is 41.7. The van der Waals surface area contributed by atoms with Gasteiger partial charge >= 0.3 is 0 Å². The summed E-state index contributed by atoms with van der Waals surface area (Å²) >= 11 is 0. The van der Waals surface area contributed by atoms with Crippen molar-refractivity contribution in [3.8, 4) is 55.6 Å². The summed E-state index contributed by atoms with van der Waals surface area (Å²) in [7, 11) is 0. The van der Waals surface area contributed by atoms with Crippen LogP contribution >= 0.6 is 0 Å². The lowest BCUT2D eigenvalue weighted by Gasteiger charge is -2.28. The summed E-state index contributed by atoms with van der Waals surface area (Å²) in [6.45, 7) is 22.0. The maximum atomic E-state index is 2.45. The average Bonchev–Trinajstić information content (AvgIpc) is 1.54. The molecule has 1 aliphatic rings. The fraction of sp³-hybridized carbons (Fsp3) is 0.186. The van der Waals surface area contributed by atoms with E-state index in [4.69, 9.17) is 0 Å². The lowest BCUT2D eigenvalue weighted by atomic mass is 9.76. The van der Waals surface area contributed by atoms with E-state index in [-0.39, 0.29) is 5.41 Å². The van der Waals surface area contributed by atoms with E-state index in [9.17, 15) is 0 Å². The quantitative estimate of drug-likeness (QED) is 0.121. The third kappa shape index (κ3) is 18.4. The van der Waals surface area contributed by atoms with Crippen LogP contribution in [0.3, 0.4) is 0 Å². The Morgan fingerprint density at radius 3 is 1.21 bits per heavy atom. The van der Waals surface area contributed by atoms with Crippen LogP contribution in [-0.4, -0.2) is 0 Å². The fourth-order valence-corrected chi connectivity index (χ4v) is 10.8. The highest BCUT2D eigenvalue weighted by Gasteiger charge is 2.25. The predicted octanol–water partition coefficient (Wildman–Crippen LogP) is 23.9. The molecule has 0 N–H and O–H groups in total. The number of rotatable bonds is 11. The van der Waals surface area contributed by atoms with E-state index in [1.54, 1.807) is 0 Å². The van der Waals surface area contributed by atoms with Crippen LogP contribution in [0.4, 0.5) is 0 Å². The molecule has 86 heavy (non-hydrogen) atoms. The molecule has 0 spiro atoms. The van der Waals surface area contributed by atoms with E-state index >= 15 is 0 Å². The molecule has 1 unspecified atom stereocenters. The van der Waals surface area contributed by atoms with E-state index in [1.807, 2.05) is 36.4 Å². The van der Waals surface area contributed by atoms with Crippen molar-refractivity contribution in [2.75, 3.05) is 0 Å². The summed E-state index contributed by atoms with van der Waals surface area (Å²) in [4.78, 5) is 0. The molecule has 0 aliphatic heterocycles. The molecule has 11 aromatic carbocycles. The number of allylic oxidation sites excluding steroid dienone is 4. The minimum atomic E-state index is -0.140. The summed E-state index contributed by atoms with van der Waals surface area (Å²) in [6.07, 6.45) is 13.1. The van der Waals surface area contributed by atoms with Crippen molar-refractivity contribution in [1.82, 2.24) is 0 Å². The molecule has 0 radical (unpaired) electrons. The first kappa shape index (κ1) is 62.9. The van der Waals surface area contributed by atoms with E-state index in [1.165, 1.54) is 123 Å². The minimum Gasteiger partial charge on any atom is -0.0840 e. The second-order valence-corrected chi connectivity index (χ2v) is 23.7. The smallest absolute Gasteiger partial charge is 0.0146 e. The molecule has 432 valence electrons. The topological polar surface area (TPSA) is 0 Å². The van der Waals surface area contributed by atoms with Crippen LogP contribution in [-0.2, 0) is 18.3 Å². The largest absolute Gasteiger partial charge is 0.0840 e. The number of hydrogen-bond acceptors (Lipinski definition) is 0. The number of benzene rings is 11. The van der Waals surface area contributed by atoms with Gasteiger partial charge in [-0.25, -0.2) is 0 Å². The molecule has 11 aromatic rings. The van der Waals surface area contributed by atoms with Gasteiger partial charge in [0, 0.05) is 5.41 Å². The van der Waals surface area contributed by atoms with Gasteiger partial charge in [0.2, 0.25) is 0 Å². The van der Waals surface area contributed by atoms with Gasteiger partial charge < -0.3 is 0 Å². The zero-order chi connectivity index (χ0) is 60.7. The van der Waals surface area contributed by atoms with Crippen molar-refractivity contribution in [3.05, 3.63) is 358 Å². The monoisotopic (exact) mass is 1120 g/mol. The van der Waals surface area contributed by atoms with Gasteiger partial charge in [-0.15, -0.1) is 0 Å². The zero-order valence-corrected chi connectivity index (χ0v) is 52.7. The first-order valence-corrected chi connectivity index (χ1v) is 30.8. The lowest BCUT2D eigenvalue weighted by molar-refractivity contribution is 0.641. The van der Waals surface area contributed by atoms with Crippen LogP contribution < -0.4 is 0 Å². The summed E-state index contributed by atoms with van der Waals surface area (Å²) in [5.74, 6) is 0.769. The number of aryl methyl sites for hydroxylation is 9. The maximum Gasteiger partial charge on any atom is 0.0146 e. The van der Waals surface area contributed by atoms with E-state index in [0.717, 1.165) is 25.2 Å². The Hall–Kier alpha value is -9.10. The van der Waals surface area contributed by atoms with Crippen LogP contribution in [0.15, 0.2) is 297 Å². The van der Waals surface area contributed by atoms with Gasteiger partial charge in [-0.1, -0.05) is 322 Å². The Bertz CT molecular complexity index is 3830. The van der Waals surface area contributed by atoms with Gasteiger partial charge in [0.25, 0.3) is 0 Å². The molecule has 0 bridgehead atoms. The van der Waals surface area contributed by atoms with Gasteiger partial charge in [0.15, 0.2) is 0 Å². The molecule has 0 aromatic heterocycles. The highest BCUT2D eigenvalue weighted by molar-refractivity contribution is 5.79. The molecule has 0 saturated heterocycles. The van der Waals surface area contributed by atoms with Crippen LogP contribution in [0, 0.1) is 54.4 Å². The molecule has 0 saturated carbocycles. The van der Waals surface area contributed by atoms with E-state index < -0.39 is 0 Å². The Labute approximate surface area is 517 Å². The molecule has 0 heterocycles. The van der Waals surface area contributed by atoms with Gasteiger partial charge in [0.1, 0.15) is 0 Å². The fourth-order valence-electron chi connectivity index (χ4n) is 10.8. The highest BCUT2D eigenvalue weighted by atomic mass is 14.3. The van der Waals surface area contributed by atoms with Crippen molar-refractivity contribution >= 4 is 0 Å². The maximum absolute atomic E-state index is 2.45. The molecule has 0 nitrogen and oxygen atoms in total. The van der Waals surface area contributed by atoms with Crippen molar-refractivity contribution in [1.29, 1.82) is 0 Å². The summed E-state index contributed by atoms with van der Waals surface area (Å²) in [5, 5.41) is 0. The van der Waals surface area contributed by atoms with Gasteiger partial charge in [0.05, 0.1) is 0 Å². The van der Waals surface area contributed by atoms with Crippen LogP contribution in [0.1, 0.15) is 94.8 Å². The van der Waals surface area contributed by atoms with E-state index in [2.05, 4.69) is 330 Å². The van der Waals surface area contributed by atoms with Gasteiger partial charge in [-0.2, -0.15) is 0 Å². The average molecular weight is 1120 g/mol. The molecule has 12 rings (SSSR count). The highest BCUT2D eigenvalue weighted by Crippen LogP contribution is 2.39. The molecule has 1 aliphatic carbocycles. The molecule has 0 heteroatoms. The molecule has 1 atom stereocenters. The molecular weight excluding hydrogens is 1030 g/mol. The van der Waals surface area contributed by atoms with Crippen molar-refractivity contribution in [2.45, 2.75) is 100 Å². The summed E-state index contributed by atoms with van der Waals surface area (Å²) in [6, 6.07) is 98.2. The first-order valence-electron chi connectivity index (χ1n) is 30.8. The Morgan fingerprint density at radius 2 is 0.721 bits per heavy atom. The van der Waals surface area contributed by atoms with Crippen molar-refractivity contribution in [3.63, 3.8) is 0 Å². The predicted molar refractivity (Wildman–Crippen MR) is 375 cm³/mol. The van der Waals surface area contributed by atoms with Crippen LogP contribution in [0.5, 0.6) is 0 Å². The zero-order valence-electron chi connectivity index (χ0n) is 52.7. The Kier molecular flexibility index (Phi) is 23.2. The number of hydrogen-bond donors (Lipinski definition) is 0. The van der Waals surface area contributed by atoms with Crippen LogP contribution in [0.2, 0.25) is 0 Å². The van der Waals surface area contributed by atoms with Gasteiger partial charge in [-0.05, 0) is 193 Å². The van der Waals surface area contributed by atoms with Crippen molar-refractivity contribution < 1.29 is 0 Å². The second kappa shape index (κ2) is 31.7. The Morgan fingerprint density at radius 1 is 0.326 bits per heavy atom. The second-order valence-electron chi connectivity index (χ2n) is 23.7. The van der Waals surface area contributed by atoms with Gasteiger partial charge in [-0.3, -0.25) is 0 Å². The van der Waals surface area contributed by atoms with E-state index in [0.29, 0.717) is 0 Å². The third-order valence-corrected chi connectivity index (χ3v) is 16.3. The molecule has 0 fully saturated rings. The van der Waals surface area contributed by atoms with Crippen LogP contribution in [0.25, 0.3) is 55.6 Å². The Balaban J connectivity index is 0.000000185. The third-order valence-electron chi connectivity index (χ3n) is 16.3. The summed E-state index contributed by atoms with van der Waals surface area (Å²) in [5.41, 5.74) is 27.5. The SMILES string of the molecule is CC1C=CC=CC1.Cc1ccc(-c2ccc(C(C)(C)c3ccc(C)c(-c4cc(-c5ccccc5)ccc4CCCc4ccccc4)c3)cc2)cc1.Cc1ccc(C)c(-c2cc(-c3ccccc3)ccc2C)c1.Cc1ccccc1.Cc1ccccc1. The minimum absolute atomic E-state index is 0.140. The summed E-state index contributed by atoms with van der Waals surface area (Å²) < 4.78 is 0. The molecule has 0 amide bonds. The standard InChI is InChI=1S/C44H42.C21H20.C7H10.2C7H8/c1-32-18-21-36(22-19-32)37-25-28-40(29-26-37)44(3,4)41-27-20-33(2)42(31-41)43-30-39(35-15-9-6-10-16-35)24-23-38(43)17-11-14-34-12-7-5-8-13-34;1-15-9-10-16(2)20(13-15)21-14-19(12-11-17(21)3)18-7-5-4-6-8-18;3*1-7-5-3-2-4-6-7/h5-10,12-13,15-16,18-31H,11,14,17H2,1-4H3;4-14H,1-3H3;2-5,7H,6H2,1H3;2*2-6H,1H3. The molecular formula is C86H88. The lowest BCUT2D eigenvalue weighted by Crippen LogP contribution is -2.19.